The molecule has 2 unspecified atom stereocenters. The van der Waals surface area contributed by atoms with Gasteiger partial charge in [0.25, 0.3) is 0 Å². The Morgan fingerprint density at radius 2 is 1.05 bits per heavy atom. The van der Waals surface area contributed by atoms with Crippen LogP contribution in [0.2, 0.25) is 0 Å². The molecule has 0 saturated heterocycles. The van der Waals surface area contributed by atoms with E-state index < -0.39 is 0 Å². The van der Waals surface area contributed by atoms with Crippen molar-refractivity contribution in [2.24, 2.45) is 5.41 Å². The Morgan fingerprint density at radius 1 is 0.714 bits per heavy atom. The van der Waals surface area contributed by atoms with Gasteiger partial charge >= 0.3 is 0 Å². The fourth-order valence-electron chi connectivity index (χ4n) is 3.70. The van der Waals surface area contributed by atoms with E-state index in [-0.39, 0.29) is 0 Å². The minimum atomic E-state index is 0.311. The van der Waals surface area contributed by atoms with Crippen molar-refractivity contribution < 1.29 is 10.2 Å². The van der Waals surface area contributed by atoms with Crippen molar-refractivity contribution in [2.75, 3.05) is 0 Å². The van der Waals surface area contributed by atoms with E-state index in [0.717, 1.165) is 12.8 Å². The largest absolute Gasteiger partial charge is 0.508 e. The summed E-state index contributed by atoms with van der Waals surface area (Å²) in [5.41, 5.74) is 2.89. The lowest BCUT2D eigenvalue weighted by molar-refractivity contribution is 0.372. The molecule has 0 radical (unpaired) electrons. The molecule has 2 aromatic carbocycles. The molecule has 3 rings (SSSR count). The summed E-state index contributed by atoms with van der Waals surface area (Å²) in [6.07, 6.45) is 2.28. The van der Waals surface area contributed by atoms with Gasteiger partial charge in [-0.1, -0.05) is 38.1 Å². The van der Waals surface area contributed by atoms with Crippen molar-refractivity contribution in [2.45, 2.75) is 38.5 Å². The van der Waals surface area contributed by atoms with Gasteiger partial charge in [-0.15, -0.1) is 0 Å². The van der Waals surface area contributed by atoms with Crippen LogP contribution in [0.15, 0.2) is 48.5 Å². The van der Waals surface area contributed by atoms with E-state index in [0.29, 0.717) is 28.7 Å². The van der Waals surface area contributed by atoms with Gasteiger partial charge in [-0.3, -0.25) is 0 Å². The Bertz CT molecular complexity index is 556. The van der Waals surface area contributed by atoms with Gasteiger partial charge < -0.3 is 10.2 Å². The summed E-state index contributed by atoms with van der Waals surface area (Å²) in [7, 11) is 0. The molecule has 0 amide bonds. The highest BCUT2D eigenvalue weighted by atomic mass is 16.3. The van der Waals surface area contributed by atoms with E-state index in [2.05, 4.69) is 13.8 Å². The van der Waals surface area contributed by atoms with Crippen LogP contribution in [0, 0.1) is 5.41 Å². The third-order valence-corrected chi connectivity index (χ3v) is 4.67. The molecule has 0 aromatic heterocycles. The number of phenols is 2. The first-order valence-corrected chi connectivity index (χ1v) is 7.52. The fraction of sp³-hybridized carbons (Fsp3) is 0.368. The highest BCUT2D eigenvalue weighted by molar-refractivity contribution is 5.36. The summed E-state index contributed by atoms with van der Waals surface area (Å²) < 4.78 is 0. The van der Waals surface area contributed by atoms with Crippen LogP contribution in [0.4, 0.5) is 0 Å². The number of hydrogen-bond acceptors (Lipinski definition) is 2. The van der Waals surface area contributed by atoms with Crippen molar-refractivity contribution in [3.63, 3.8) is 0 Å². The van der Waals surface area contributed by atoms with E-state index in [4.69, 9.17) is 0 Å². The van der Waals surface area contributed by atoms with Gasteiger partial charge in [0.05, 0.1) is 0 Å². The lowest BCUT2D eigenvalue weighted by Gasteiger charge is -2.20. The summed E-state index contributed by atoms with van der Waals surface area (Å²) in [5, 5.41) is 19.0. The van der Waals surface area contributed by atoms with E-state index >= 15 is 0 Å². The second-order valence-electron chi connectivity index (χ2n) is 6.97. The summed E-state index contributed by atoms with van der Waals surface area (Å²) in [4.78, 5) is 0. The maximum absolute atomic E-state index is 9.49. The molecule has 21 heavy (non-hydrogen) atoms. The minimum absolute atomic E-state index is 0.311. The van der Waals surface area contributed by atoms with Gasteiger partial charge in [0.2, 0.25) is 0 Å². The van der Waals surface area contributed by atoms with E-state index in [1.165, 1.54) is 11.1 Å². The molecule has 2 aromatic rings. The number of benzene rings is 2. The first kappa shape index (κ1) is 14.0. The maximum Gasteiger partial charge on any atom is 0.115 e. The lowest BCUT2D eigenvalue weighted by atomic mass is 9.84. The van der Waals surface area contributed by atoms with Crippen molar-refractivity contribution in [3.8, 4) is 11.5 Å². The fourth-order valence-corrected chi connectivity index (χ4v) is 3.70. The highest BCUT2D eigenvalue weighted by Gasteiger charge is 2.40. The first-order valence-electron chi connectivity index (χ1n) is 7.52. The van der Waals surface area contributed by atoms with Crippen LogP contribution in [-0.4, -0.2) is 10.2 Å². The van der Waals surface area contributed by atoms with E-state index in [9.17, 15) is 10.2 Å². The molecule has 0 heterocycles. The molecule has 110 valence electrons. The third kappa shape index (κ3) is 2.90. The second-order valence-corrected chi connectivity index (χ2v) is 6.97. The van der Waals surface area contributed by atoms with Crippen LogP contribution in [0.25, 0.3) is 0 Å². The molecule has 0 bridgehead atoms. The van der Waals surface area contributed by atoms with Gasteiger partial charge in [-0.25, -0.2) is 0 Å². The molecule has 1 fully saturated rings. The first-order chi connectivity index (χ1) is 9.94. The molecule has 0 spiro atoms. The smallest absolute Gasteiger partial charge is 0.115 e. The third-order valence-electron chi connectivity index (χ3n) is 4.67. The molecular weight excluding hydrogens is 260 g/mol. The average Bonchev–Trinajstić information content (AvgIpc) is 2.76. The maximum atomic E-state index is 9.49. The minimum Gasteiger partial charge on any atom is -0.508 e. The Hall–Kier alpha value is -1.96. The molecule has 0 aliphatic heterocycles. The molecule has 1 aliphatic carbocycles. The Balaban J connectivity index is 1.96. The van der Waals surface area contributed by atoms with Gasteiger partial charge in [0.1, 0.15) is 11.5 Å². The van der Waals surface area contributed by atoms with Crippen molar-refractivity contribution in [3.05, 3.63) is 59.7 Å². The summed E-state index contributed by atoms with van der Waals surface area (Å²) in [6.45, 7) is 4.64. The van der Waals surface area contributed by atoms with Gasteiger partial charge in [0.15, 0.2) is 0 Å². The monoisotopic (exact) mass is 282 g/mol. The predicted molar refractivity (Wildman–Crippen MR) is 84.7 cm³/mol. The topological polar surface area (TPSA) is 40.5 Å². The zero-order valence-corrected chi connectivity index (χ0v) is 12.6. The standard InChI is InChI=1S/C19H22O2/c1-19(2)11-17(13-3-7-15(20)8-4-13)18(12-19)14-5-9-16(21)10-6-14/h3-10,17-18,20-21H,11-12H2,1-2H3. The molecule has 1 aliphatic rings. The van der Waals surface area contributed by atoms with Gasteiger partial charge in [0, 0.05) is 0 Å². The van der Waals surface area contributed by atoms with Crippen LogP contribution in [0.1, 0.15) is 49.7 Å². The van der Waals surface area contributed by atoms with Crippen LogP contribution >= 0.6 is 0 Å². The summed E-state index contributed by atoms with van der Waals surface area (Å²) in [5.74, 6) is 1.56. The number of aromatic hydroxyl groups is 2. The summed E-state index contributed by atoms with van der Waals surface area (Å²) >= 11 is 0. The second kappa shape index (κ2) is 5.10. The Morgan fingerprint density at radius 3 is 1.38 bits per heavy atom. The zero-order valence-electron chi connectivity index (χ0n) is 12.6. The van der Waals surface area contributed by atoms with Crippen LogP contribution in [-0.2, 0) is 0 Å². The average molecular weight is 282 g/mol. The summed E-state index contributed by atoms with van der Waals surface area (Å²) in [6, 6.07) is 15.2. The van der Waals surface area contributed by atoms with Crippen molar-refractivity contribution in [1.29, 1.82) is 0 Å². The molecule has 2 heteroatoms. The molecule has 2 N–H and O–H groups in total. The number of hydrogen-bond donors (Lipinski definition) is 2. The molecule has 1 saturated carbocycles. The predicted octanol–water partition coefficient (Wildman–Crippen LogP) is 4.79. The Labute approximate surface area is 126 Å². The molecular formula is C19H22O2. The van der Waals surface area contributed by atoms with E-state index in [1.54, 1.807) is 24.3 Å². The lowest BCUT2D eigenvalue weighted by Crippen LogP contribution is -2.04. The quantitative estimate of drug-likeness (QED) is 0.831. The highest BCUT2D eigenvalue weighted by Crippen LogP contribution is 2.54. The molecule has 2 atom stereocenters. The number of phenolic OH excluding ortho intramolecular Hbond substituents is 2. The van der Waals surface area contributed by atoms with Crippen LogP contribution in [0.3, 0.4) is 0 Å². The zero-order chi connectivity index (χ0) is 15.0. The van der Waals surface area contributed by atoms with Gasteiger partial charge in [-0.2, -0.15) is 0 Å². The van der Waals surface area contributed by atoms with Crippen molar-refractivity contribution in [1.82, 2.24) is 0 Å². The molecule has 2 nitrogen and oxygen atoms in total. The number of rotatable bonds is 2. The Kier molecular flexibility index (Phi) is 3.40. The van der Waals surface area contributed by atoms with Crippen LogP contribution in [0.5, 0.6) is 11.5 Å². The normalized spacial score (nSPS) is 24.1. The SMILES string of the molecule is CC1(C)CC(c2ccc(O)cc2)C(c2ccc(O)cc2)C1. The van der Waals surface area contributed by atoms with E-state index in [1.807, 2.05) is 24.3 Å². The van der Waals surface area contributed by atoms with Crippen LogP contribution < -0.4 is 0 Å². The van der Waals surface area contributed by atoms with Gasteiger partial charge in [-0.05, 0) is 65.5 Å². The van der Waals surface area contributed by atoms with Crippen molar-refractivity contribution >= 4 is 0 Å².